The summed E-state index contributed by atoms with van der Waals surface area (Å²) in [5.41, 5.74) is 0.0950. The van der Waals surface area contributed by atoms with E-state index in [-0.39, 0.29) is 11.1 Å². The molecule has 2 aromatic rings. The quantitative estimate of drug-likeness (QED) is 0.754. The van der Waals surface area contributed by atoms with Crippen molar-refractivity contribution >= 4 is 23.4 Å². The lowest BCUT2D eigenvalue weighted by molar-refractivity contribution is 0.630. The minimum Gasteiger partial charge on any atom is -0.303 e. The fourth-order valence-corrected chi connectivity index (χ4v) is 2.20. The number of hydrogen-bond acceptors (Lipinski definition) is 3. The predicted octanol–water partition coefficient (Wildman–Crippen LogP) is 0.589. The number of rotatable bonds is 2. The van der Waals surface area contributed by atoms with Crippen LogP contribution in [0.2, 0.25) is 0 Å². The summed E-state index contributed by atoms with van der Waals surface area (Å²) in [6, 6.07) is 0. The predicted molar refractivity (Wildman–Crippen MR) is 63.4 cm³/mol. The van der Waals surface area contributed by atoms with Crippen LogP contribution in [0.3, 0.4) is 0 Å². The lowest BCUT2D eigenvalue weighted by Gasteiger charge is -2.09. The van der Waals surface area contributed by atoms with Gasteiger partial charge in [0.15, 0.2) is 10.3 Å². The lowest BCUT2D eigenvalue weighted by atomic mass is 10.5. The maximum absolute atomic E-state index is 12.0. The van der Waals surface area contributed by atoms with Crippen LogP contribution in [0.15, 0.2) is 9.59 Å². The molecule has 2 aromatic heterocycles. The Morgan fingerprint density at radius 2 is 1.75 bits per heavy atom. The number of aromatic amines is 2. The minimum absolute atomic E-state index is 0.259. The van der Waals surface area contributed by atoms with E-state index in [0.717, 1.165) is 0 Å². The summed E-state index contributed by atoms with van der Waals surface area (Å²) in [5.74, 6) is 0. The van der Waals surface area contributed by atoms with Gasteiger partial charge in [0.05, 0.1) is 0 Å². The Balaban J connectivity index is 3.11. The van der Waals surface area contributed by atoms with Crippen LogP contribution in [-0.2, 0) is 13.1 Å². The minimum atomic E-state index is -0.391. The molecule has 2 N–H and O–H groups in total. The topological polar surface area (TPSA) is 75.6 Å². The summed E-state index contributed by atoms with van der Waals surface area (Å²) >= 11 is 5.20. The Labute approximate surface area is 95.5 Å². The van der Waals surface area contributed by atoms with Crippen LogP contribution in [0.4, 0.5) is 0 Å². The molecule has 0 saturated carbocycles. The first kappa shape index (κ1) is 10.9. The van der Waals surface area contributed by atoms with E-state index < -0.39 is 5.69 Å². The highest BCUT2D eigenvalue weighted by Gasteiger charge is 2.11. The van der Waals surface area contributed by atoms with E-state index in [1.165, 1.54) is 4.57 Å². The number of nitrogens with zero attached hydrogens (tertiary/aromatic N) is 2. The van der Waals surface area contributed by atoms with Crippen molar-refractivity contribution in [3.63, 3.8) is 0 Å². The Hall–Kier alpha value is -1.63. The molecule has 0 saturated heterocycles. The third kappa shape index (κ3) is 1.35. The molecule has 7 heteroatoms. The molecule has 2 heterocycles. The molecule has 6 nitrogen and oxygen atoms in total. The first-order chi connectivity index (χ1) is 7.60. The third-order valence-electron chi connectivity index (χ3n) is 2.53. The first-order valence-electron chi connectivity index (χ1n) is 5.05. The van der Waals surface area contributed by atoms with E-state index in [2.05, 4.69) is 9.97 Å². The van der Waals surface area contributed by atoms with Gasteiger partial charge < -0.3 is 4.57 Å². The summed E-state index contributed by atoms with van der Waals surface area (Å²) in [4.78, 5) is 28.2. The molecule has 0 aromatic carbocycles. The largest absolute Gasteiger partial charge is 0.325 e. The van der Waals surface area contributed by atoms with Gasteiger partial charge in [0.2, 0.25) is 0 Å². The van der Waals surface area contributed by atoms with Crippen molar-refractivity contribution in [2.75, 3.05) is 0 Å². The Kier molecular flexibility index (Phi) is 2.55. The molecule has 86 valence electrons. The smallest absolute Gasteiger partial charge is 0.303 e. The number of fused-ring (bicyclic) bond motifs is 1. The summed E-state index contributed by atoms with van der Waals surface area (Å²) in [7, 11) is 0. The van der Waals surface area contributed by atoms with E-state index in [1.807, 2.05) is 13.8 Å². The summed E-state index contributed by atoms with van der Waals surface area (Å²) in [6.45, 7) is 4.84. The van der Waals surface area contributed by atoms with Crippen molar-refractivity contribution in [1.82, 2.24) is 19.1 Å². The van der Waals surface area contributed by atoms with E-state index in [4.69, 9.17) is 12.2 Å². The molecule has 0 bridgehead atoms. The average Bonchev–Trinajstić information content (AvgIpc) is 2.62. The molecule has 0 fully saturated rings. The molecular formula is C9H12N4O2S. The molecule has 0 atom stereocenters. The van der Waals surface area contributed by atoms with Gasteiger partial charge in [-0.3, -0.25) is 19.3 Å². The van der Waals surface area contributed by atoms with Crippen LogP contribution in [0.25, 0.3) is 11.2 Å². The van der Waals surface area contributed by atoms with Crippen molar-refractivity contribution < 1.29 is 0 Å². The standard InChI is InChI=1S/C9H12N4O2S/c1-3-12-6-5(10-8(15)11-6)7(14)13(4-2)9(12)16/h3-4H2,1-2H3,(H2,10,11,15). The molecular weight excluding hydrogens is 228 g/mol. The van der Waals surface area contributed by atoms with Crippen molar-refractivity contribution in [1.29, 1.82) is 0 Å². The molecule has 0 unspecified atom stereocenters. The zero-order valence-electron chi connectivity index (χ0n) is 9.03. The highest BCUT2D eigenvalue weighted by atomic mass is 32.1. The molecule has 0 radical (unpaired) electrons. The second-order valence-electron chi connectivity index (χ2n) is 3.38. The summed E-state index contributed by atoms with van der Waals surface area (Å²) in [5, 5.41) is 0. The monoisotopic (exact) mass is 240 g/mol. The van der Waals surface area contributed by atoms with Crippen molar-refractivity contribution in [3.8, 4) is 0 Å². The van der Waals surface area contributed by atoms with E-state index in [1.54, 1.807) is 4.57 Å². The summed E-state index contributed by atoms with van der Waals surface area (Å²) < 4.78 is 3.62. The van der Waals surface area contributed by atoms with Crippen LogP contribution in [0.1, 0.15) is 13.8 Å². The number of nitrogens with one attached hydrogen (secondary N) is 2. The molecule has 0 aliphatic carbocycles. The van der Waals surface area contributed by atoms with E-state index >= 15 is 0 Å². The van der Waals surface area contributed by atoms with Gasteiger partial charge >= 0.3 is 5.69 Å². The molecule has 2 rings (SSSR count). The number of hydrogen-bond donors (Lipinski definition) is 2. The van der Waals surface area contributed by atoms with Gasteiger partial charge in [-0.25, -0.2) is 4.79 Å². The van der Waals surface area contributed by atoms with Crippen molar-refractivity contribution in [2.24, 2.45) is 0 Å². The second kappa shape index (κ2) is 3.75. The SMILES string of the molecule is CCn1c(=O)c2[nH]c(=O)[nH]c2n(CC)c1=S. The Morgan fingerprint density at radius 3 is 2.31 bits per heavy atom. The fourth-order valence-electron chi connectivity index (χ4n) is 1.77. The van der Waals surface area contributed by atoms with Crippen LogP contribution in [0.5, 0.6) is 0 Å². The van der Waals surface area contributed by atoms with E-state index in [0.29, 0.717) is 23.5 Å². The van der Waals surface area contributed by atoms with E-state index in [9.17, 15) is 9.59 Å². The Morgan fingerprint density at radius 1 is 1.12 bits per heavy atom. The zero-order chi connectivity index (χ0) is 11.9. The molecule has 0 spiro atoms. The highest BCUT2D eigenvalue weighted by molar-refractivity contribution is 7.71. The molecule has 0 aliphatic heterocycles. The van der Waals surface area contributed by atoms with Gasteiger partial charge in [0.1, 0.15) is 5.65 Å². The lowest BCUT2D eigenvalue weighted by Crippen LogP contribution is -2.24. The van der Waals surface area contributed by atoms with Gasteiger partial charge in [-0.2, -0.15) is 0 Å². The van der Waals surface area contributed by atoms with Gasteiger partial charge in [-0.15, -0.1) is 0 Å². The average molecular weight is 240 g/mol. The number of aryl methyl sites for hydroxylation is 1. The van der Waals surface area contributed by atoms with Crippen LogP contribution < -0.4 is 11.2 Å². The number of imidazole rings is 1. The maximum atomic E-state index is 12.0. The summed E-state index contributed by atoms with van der Waals surface area (Å²) in [6.07, 6.45) is 0. The Bertz CT molecular complexity index is 703. The van der Waals surface area contributed by atoms with Crippen LogP contribution in [-0.4, -0.2) is 19.1 Å². The van der Waals surface area contributed by atoms with Crippen LogP contribution in [0, 0.1) is 4.77 Å². The zero-order valence-corrected chi connectivity index (χ0v) is 9.85. The molecule has 0 amide bonds. The highest BCUT2D eigenvalue weighted by Crippen LogP contribution is 2.04. The maximum Gasteiger partial charge on any atom is 0.325 e. The van der Waals surface area contributed by atoms with Gasteiger partial charge in [0.25, 0.3) is 5.56 Å². The van der Waals surface area contributed by atoms with Gasteiger partial charge in [-0.1, -0.05) is 0 Å². The molecule has 16 heavy (non-hydrogen) atoms. The number of aromatic nitrogens is 4. The second-order valence-corrected chi connectivity index (χ2v) is 3.74. The number of H-pyrrole nitrogens is 2. The normalized spacial score (nSPS) is 11.1. The molecule has 0 aliphatic rings. The van der Waals surface area contributed by atoms with Crippen LogP contribution >= 0.6 is 12.2 Å². The van der Waals surface area contributed by atoms with Gasteiger partial charge in [0, 0.05) is 13.1 Å². The first-order valence-corrected chi connectivity index (χ1v) is 5.46. The van der Waals surface area contributed by atoms with Gasteiger partial charge in [-0.05, 0) is 26.1 Å². The van der Waals surface area contributed by atoms with Crippen molar-refractivity contribution in [3.05, 3.63) is 25.6 Å². The van der Waals surface area contributed by atoms with Crippen molar-refractivity contribution in [2.45, 2.75) is 26.9 Å². The third-order valence-corrected chi connectivity index (χ3v) is 2.97. The fraction of sp³-hybridized carbons (Fsp3) is 0.444.